The largest absolute Gasteiger partial charge is 0.497 e. The van der Waals surface area contributed by atoms with E-state index >= 15 is 0 Å². The first-order valence-corrected chi connectivity index (χ1v) is 8.18. The van der Waals surface area contributed by atoms with Gasteiger partial charge in [-0.25, -0.2) is 0 Å². The van der Waals surface area contributed by atoms with Crippen LogP contribution in [0.3, 0.4) is 0 Å². The zero-order valence-corrected chi connectivity index (χ0v) is 14.8. The maximum absolute atomic E-state index is 12.8. The molecular weight excluding hydrogens is 332 g/mol. The lowest BCUT2D eigenvalue weighted by atomic mass is 10.0. The zero-order valence-electron chi connectivity index (χ0n) is 14.8. The summed E-state index contributed by atoms with van der Waals surface area (Å²) in [4.78, 5) is 27.3. The number of benzene rings is 2. The van der Waals surface area contributed by atoms with Crippen molar-refractivity contribution in [3.05, 3.63) is 70.1 Å². The Balaban J connectivity index is 1.91. The lowest BCUT2D eigenvalue weighted by molar-refractivity contribution is 0.0941. The molecule has 0 bridgehead atoms. The number of carbonyl (C=O) groups excluding carboxylic acids is 1. The lowest BCUT2D eigenvalue weighted by Crippen LogP contribution is -2.28. The third-order valence-electron chi connectivity index (χ3n) is 4.31. The molecule has 0 aliphatic rings. The van der Waals surface area contributed by atoms with Gasteiger partial charge in [0.15, 0.2) is 0 Å². The minimum atomic E-state index is -0.297. The van der Waals surface area contributed by atoms with E-state index < -0.39 is 0 Å². The molecule has 134 valence electrons. The molecule has 6 heteroatoms. The molecule has 1 atom stereocenters. The van der Waals surface area contributed by atoms with Gasteiger partial charge < -0.3 is 19.8 Å². The van der Waals surface area contributed by atoms with Gasteiger partial charge in [-0.2, -0.15) is 0 Å². The zero-order chi connectivity index (χ0) is 18.7. The number of amides is 1. The Morgan fingerprint density at radius 1 is 1.08 bits per heavy atom. The number of aromatic amines is 1. The van der Waals surface area contributed by atoms with E-state index in [4.69, 9.17) is 9.47 Å². The Hall–Kier alpha value is -3.28. The highest BCUT2D eigenvalue weighted by molar-refractivity contribution is 6.06. The van der Waals surface area contributed by atoms with Gasteiger partial charge in [-0.3, -0.25) is 9.59 Å². The van der Waals surface area contributed by atoms with Crippen molar-refractivity contribution in [1.82, 2.24) is 10.3 Å². The number of pyridine rings is 1. The number of hydrogen-bond donors (Lipinski definition) is 2. The summed E-state index contributed by atoms with van der Waals surface area (Å²) in [6.45, 7) is 1.87. The van der Waals surface area contributed by atoms with Crippen molar-refractivity contribution in [3.63, 3.8) is 0 Å². The minimum Gasteiger partial charge on any atom is -0.497 e. The third kappa shape index (κ3) is 3.26. The highest BCUT2D eigenvalue weighted by atomic mass is 16.5. The first-order valence-electron chi connectivity index (χ1n) is 8.18. The van der Waals surface area contributed by atoms with Gasteiger partial charge >= 0.3 is 0 Å². The van der Waals surface area contributed by atoms with Crippen LogP contribution in [0, 0.1) is 0 Å². The number of nitrogens with one attached hydrogen (secondary N) is 2. The monoisotopic (exact) mass is 352 g/mol. The molecule has 1 aromatic heterocycles. The standard InChI is InChI=1S/C20H20N2O4/c1-12(14-9-8-13(25-2)10-18(14)26-3)22-20(24)17-11-21-19(23)16-7-5-4-6-15(16)17/h4-12H,1-3H3,(H,21,23)(H,22,24)/t12-/m0/s1. The summed E-state index contributed by atoms with van der Waals surface area (Å²) in [6, 6.07) is 12.2. The molecule has 0 radical (unpaired) electrons. The number of carbonyl (C=O) groups is 1. The van der Waals surface area contributed by atoms with Crippen molar-refractivity contribution in [3.8, 4) is 11.5 Å². The second-order valence-corrected chi connectivity index (χ2v) is 5.88. The highest BCUT2D eigenvalue weighted by Crippen LogP contribution is 2.29. The molecule has 0 unspecified atom stereocenters. The second-order valence-electron chi connectivity index (χ2n) is 5.88. The fourth-order valence-corrected chi connectivity index (χ4v) is 2.93. The lowest BCUT2D eigenvalue weighted by Gasteiger charge is -2.18. The maximum atomic E-state index is 12.8. The Morgan fingerprint density at radius 2 is 1.81 bits per heavy atom. The molecule has 0 aliphatic heterocycles. The Morgan fingerprint density at radius 3 is 2.50 bits per heavy atom. The van der Waals surface area contributed by atoms with Crippen molar-refractivity contribution in [2.45, 2.75) is 13.0 Å². The molecule has 1 amide bonds. The van der Waals surface area contributed by atoms with Crippen LogP contribution in [-0.4, -0.2) is 25.1 Å². The van der Waals surface area contributed by atoms with E-state index in [-0.39, 0.29) is 17.5 Å². The molecule has 1 heterocycles. The first kappa shape index (κ1) is 17.5. The van der Waals surface area contributed by atoms with Crippen LogP contribution in [0.5, 0.6) is 11.5 Å². The summed E-state index contributed by atoms with van der Waals surface area (Å²) in [5.41, 5.74) is 1.02. The van der Waals surface area contributed by atoms with Crippen LogP contribution < -0.4 is 20.3 Å². The second kappa shape index (κ2) is 7.31. The number of fused-ring (bicyclic) bond motifs is 1. The summed E-state index contributed by atoms with van der Waals surface area (Å²) < 4.78 is 10.6. The molecular formula is C20H20N2O4. The average molecular weight is 352 g/mol. The minimum absolute atomic E-state index is 0.220. The predicted molar refractivity (Wildman–Crippen MR) is 100.0 cm³/mol. The first-order chi connectivity index (χ1) is 12.5. The maximum Gasteiger partial charge on any atom is 0.255 e. The molecule has 2 aromatic carbocycles. The Bertz CT molecular complexity index is 1010. The third-order valence-corrected chi connectivity index (χ3v) is 4.31. The molecule has 3 aromatic rings. The Labute approximate surface area is 150 Å². The van der Waals surface area contributed by atoms with E-state index in [1.54, 1.807) is 44.6 Å². The summed E-state index contributed by atoms with van der Waals surface area (Å²) in [6.07, 6.45) is 1.44. The van der Waals surface area contributed by atoms with Crippen LogP contribution in [0.4, 0.5) is 0 Å². The van der Waals surface area contributed by atoms with Gasteiger partial charge in [-0.05, 0) is 25.1 Å². The molecule has 3 rings (SSSR count). The van der Waals surface area contributed by atoms with Gasteiger partial charge in [-0.1, -0.05) is 18.2 Å². The molecule has 0 spiro atoms. The van der Waals surface area contributed by atoms with Crippen LogP contribution in [0.15, 0.2) is 53.5 Å². The fourth-order valence-electron chi connectivity index (χ4n) is 2.93. The van der Waals surface area contributed by atoms with Crippen molar-refractivity contribution >= 4 is 16.7 Å². The van der Waals surface area contributed by atoms with Crippen LogP contribution >= 0.6 is 0 Å². The number of ether oxygens (including phenoxy) is 2. The summed E-state index contributed by atoms with van der Waals surface area (Å²) in [5, 5.41) is 4.05. The van der Waals surface area contributed by atoms with Gasteiger partial charge in [0.05, 0.1) is 25.8 Å². The van der Waals surface area contributed by atoms with Crippen LogP contribution in [0.25, 0.3) is 10.8 Å². The number of aromatic nitrogens is 1. The smallest absolute Gasteiger partial charge is 0.255 e. The van der Waals surface area contributed by atoms with E-state index in [0.717, 1.165) is 5.56 Å². The summed E-state index contributed by atoms with van der Waals surface area (Å²) >= 11 is 0. The highest BCUT2D eigenvalue weighted by Gasteiger charge is 2.18. The van der Waals surface area contributed by atoms with Gasteiger partial charge in [0, 0.05) is 28.6 Å². The van der Waals surface area contributed by atoms with Gasteiger partial charge in [0.25, 0.3) is 11.5 Å². The van der Waals surface area contributed by atoms with Crippen LogP contribution in [-0.2, 0) is 0 Å². The molecule has 26 heavy (non-hydrogen) atoms. The molecule has 0 fully saturated rings. The fraction of sp³-hybridized carbons (Fsp3) is 0.200. The van der Waals surface area contributed by atoms with E-state index in [1.807, 2.05) is 19.1 Å². The quantitative estimate of drug-likeness (QED) is 0.740. The van der Waals surface area contributed by atoms with E-state index in [1.165, 1.54) is 6.20 Å². The number of methoxy groups -OCH3 is 2. The van der Waals surface area contributed by atoms with Crippen molar-refractivity contribution in [2.75, 3.05) is 14.2 Å². The van der Waals surface area contributed by atoms with Gasteiger partial charge in [-0.15, -0.1) is 0 Å². The molecule has 0 saturated heterocycles. The Kier molecular flexibility index (Phi) is 4.93. The van der Waals surface area contributed by atoms with E-state index in [0.29, 0.717) is 27.8 Å². The number of hydrogen-bond acceptors (Lipinski definition) is 4. The number of H-pyrrole nitrogens is 1. The van der Waals surface area contributed by atoms with Crippen molar-refractivity contribution in [2.24, 2.45) is 0 Å². The normalized spacial score (nSPS) is 11.8. The topological polar surface area (TPSA) is 80.4 Å². The SMILES string of the molecule is COc1ccc([C@H](C)NC(=O)c2c[nH]c(=O)c3ccccc23)c(OC)c1. The molecule has 0 aliphatic carbocycles. The molecule has 2 N–H and O–H groups in total. The number of rotatable bonds is 5. The summed E-state index contributed by atoms with van der Waals surface area (Å²) in [5.74, 6) is 1.03. The van der Waals surface area contributed by atoms with Crippen molar-refractivity contribution in [1.29, 1.82) is 0 Å². The van der Waals surface area contributed by atoms with Crippen LogP contribution in [0.2, 0.25) is 0 Å². The summed E-state index contributed by atoms with van der Waals surface area (Å²) in [7, 11) is 3.16. The van der Waals surface area contributed by atoms with E-state index in [9.17, 15) is 9.59 Å². The molecule has 0 saturated carbocycles. The molecule has 6 nitrogen and oxygen atoms in total. The van der Waals surface area contributed by atoms with Crippen LogP contribution in [0.1, 0.15) is 28.9 Å². The van der Waals surface area contributed by atoms with Crippen molar-refractivity contribution < 1.29 is 14.3 Å². The predicted octanol–water partition coefficient (Wildman–Crippen LogP) is 3.04. The van der Waals surface area contributed by atoms with Gasteiger partial charge in [0.2, 0.25) is 0 Å². The van der Waals surface area contributed by atoms with E-state index in [2.05, 4.69) is 10.3 Å². The average Bonchev–Trinajstić information content (AvgIpc) is 2.67. The van der Waals surface area contributed by atoms with Gasteiger partial charge in [0.1, 0.15) is 11.5 Å².